The maximum atomic E-state index is 14.3. The molecule has 1 N–H and O–H groups in total. The van der Waals surface area contributed by atoms with E-state index in [1.807, 2.05) is 37.3 Å². The van der Waals surface area contributed by atoms with Crippen LogP contribution >= 0.6 is 0 Å². The van der Waals surface area contributed by atoms with Crippen molar-refractivity contribution in [3.63, 3.8) is 0 Å². The number of carbonyl (C=O) groups excluding carboxylic acids is 2. The first kappa shape index (κ1) is 32.2. The highest BCUT2D eigenvalue weighted by Crippen LogP contribution is 2.26. The maximum absolute atomic E-state index is 14.3. The van der Waals surface area contributed by atoms with Crippen LogP contribution in [-0.4, -0.2) is 51.4 Å². The third-order valence-electron chi connectivity index (χ3n) is 7.14. The molecule has 0 saturated heterocycles. The van der Waals surface area contributed by atoms with Gasteiger partial charge < -0.3 is 15.0 Å². The molecule has 0 saturated carbocycles. The van der Waals surface area contributed by atoms with E-state index in [9.17, 15) is 22.4 Å². The van der Waals surface area contributed by atoms with Crippen LogP contribution < -0.4 is 14.4 Å². The van der Waals surface area contributed by atoms with Crippen molar-refractivity contribution in [3.8, 4) is 5.75 Å². The number of rotatable bonds is 13. The van der Waals surface area contributed by atoms with Crippen LogP contribution in [-0.2, 0) is 32.6 Å². The molecule has 4 aromatic carbocycles. The van der Waals surface area contributed by atoms with Gasteiger partial charge in [0.25, 0.3) is 10.0 Å². The number of hydrogen-bond donors (Lipinski definition) is 1. The largest absolute Gasteiger partial charge is 0.497 e. The van der Waals surface area contributed by atoms with E-state index in [1.165, 1.54) is 48.4 Å². The molecule has 0 aliphatic heterocycles. The lowest BCUT2D eigenvalue weighted by Crippen LogP contribution is -2.53. The molecule has 0 heterocycles. The van der Waals surface area contributed by atoms with E-state index in [4.69, 9.17) is 4.74 Å². The lowest BCUT2D eigenvalue weighted by molar-refractivity contribution is -0.140. The Morgan fingerprint density at radius 3 is 2.09 bits per heavy atom. The molecule has 10 heteroatoms. The second-order valence-corrected chi connectivity index (χ2v) is 12.1. The smallest absolute Gasteiger partial charge is 0.264 e. The molecule has 0 bridgehead atoms. The zero-order valence-electron chi connectivity index (χ0n) is 24.9. The molecule has 0 aliphatic carbocycles. The number of anilines is 1. The number of ether oxygens (including phenoxy) is 1. The number of amides is 2. The number of likely N-dealkylation sites (N-methyl/N-ethyl adjacent to an activating group) is 1. The number of sulfonamides is 1. The summed E-state index contributed by atoms with van der Waals surface area (Å²) in [5, 5.41) is 2.82. The van der Waals surface area contributed by atoms with Gasteiger partial charge in [-0.3, -0.25) is 13.9 Å². The van der Waals surface area contributed by atoms with Crippen molar-refractivity contribution < 1.29 is 27.1 Å². The highest BCUT2D eigenvalue weighted by atomic mass is 32.2. The van der Waals surface area contributed by atoms with Crippen LogP contribution in [0.4, 0.5) is 10.1 Å². The third-order valence-corrected chi connectivity index (χ3v) is 8.92. The van der Waals surface area contributed by atoms with Crippen molar-refractivity contribution >= 4 is 27.5 Å². The number of nitrogens with one attached hydrogen (secondary N) is 1. The van der Waals surface area contributed by atoms with E-state index >= 15 is 0 Å². The van der Waals surface area contributed by atoms with Gasteiger partial charge in [0.05, 0.1) is 17.7 Å². The van der Waals surface area contributed by atoms with Crippen LogP contribution in [0.2, 0.25) is 0 Å². The number of hydrogen-bond acceptors (Lipinski definition) is 5. The fraction of sp³-hybridized carbons (Fsp3) is 0.235. The van der Waals surface area contributed by atoms with Gasteiger partial charge in [-0.1, -0.05) is 60.2 Å². The average Bonchev–Trinajstić information content (AvgIpc) is 3.03. The quantitative estimate of drug-likeness (QED) is 0.225. The Bertz CT molecular complexity index is 1650. The van der Waals surface area contributed by atoms with Gasteiger partial charge >= 0.3 is 0 Å². The monoisotopic (exact) mass is 617 g/mol. The van der Waals surface area contributed by atoms with E-state index < -0.39 is 34.3 Å². The minimum atomic E-state index is -4.23. The van der Waals surface area contributed by atoms with Crippen LogP contribution in [0.25, 0.3) is 0 Å². The van der Waals surface area contributed by atoms with Crippen LogP contribution in [0.15, 0.2) is 108 Å². The van der Waals surface area contributed by atoms with E-state index in [0.717, 1.165) is 15.4 Å². The van der Waals surface area contributed by atoms with Gasteiger partial charge in [0.1, 0.15) is 24.2 Å². The normalized spacial score (nSPS) is 11.8. The molecular weight excluding hydrogens is 581 g/mol. The Balaban J connectivity index is 1.78. The molecule has 8 nitrogen and oxygen atoms in total. The zero-order valence-corrected chi connectivity index (χ0v) is 25.8. The first-order chi connectivity index (χ1) is 21.1. The van der Waals surface area contributed by atoms with Gasteiger partial charge in [0, 0.05) is 19.5 Å². The maximum Gasteiger partial charge on any atom is 0.264 e. The van der Waals surface area contributed by atoms with E-state index in [1.54, 1.807) is 43.3 Å². The molecule has 4 rings (SSSR count). The van der Waals surface area contributed by atoms with Gasteiger partial charge in [-0.15, -0.1) is 0 Å². The molecule has 230 valence electrons. The topological polar surface area (TPSA) is 96.0 Å². The molecule has 0 unspecified atom stereocenters. The first-order valence-corrected chi connectivity index (χ1v) is 15.7. The van der Waals surface area contributed by atoms with Crippen LogP contribution in [0.3, 0.4) is 0 Å². The van der Waals surface area contributed by atoms with Crippen molar-refractivity contribution in [3.05, 3.63) is 126 Å². The molecule has 44 heavy (non-hydrogen) atoms. The van der Waals surface area contributed by atoms with Crippen LogP contribution in [0.5, 0.6) is 5.75 Å². The van der Waals surface area contributed by atoms with E-state index in [2.05, 4.69) is 5.32 Å². The highest BCUT2D eigenvalue weighted by Gasteiger charge is 2.34. The average molecular weight is 618 g/mol. The predicted octanol–water partition coefficient (Wildman–Crippen LogP) is 5.11. The lowest BCUT2D eigenvalue weighted by Gasteiger charge is -2.33. The molecule has 0 radical (unpaired) electrons. The molecule has 4 aromatic rings. The Hall–Kier alpha value is -4.70. The summed E-state index contributed by atoms with van der Waals surface area (Å²) in [6, 6.07) is 26.6. The lowest BCUT2D eigenvalue weighted by atomic mass is 10.0. The number of carbonyl (C=O) groups is 2. The van der Waals surface area contributed by atoms with Gasteiger partial charge in [0.2, 0.25) is 11.8 Å². The predicted molar refractivity (Wildman–Crippen MR) is 168 cm³/mol. The van der Waals surface area contributed by atoms with Crippen LogP contribution in [0, 0.1) is 12.7 Å². The van der Waals surface area contributed by atoms with Gasteiger partial charge in [-0.25, -0.2) is 12.8 Å². The summed E-state index contributed by atoms with van der Waals surface area (Å²) in [6.45, 7) is 3.37. The Kier molecular flexibility index (Phi) is 10.7. The van der Waals surface area contributed by atoms with Crippen molar-refractivity contribution in [1.82, 2.24) is 10.2 Å². The second-order valence-electron chi connectivity index (χ2n) is 10.3. The SMILES string of the molecule is CCNC(=O)[C@H](Cc1ccccc1)N(Cc1ccc(F)cc1)C(=O)CN(c1ccc(C)cc1)S(=O)(=O)c1ccc(OC)cc1. The number of aryl methyl sites for hydroxylation is 1. The van der Waals surface area contributed by atoms with E-state index in [0.29, 0.717) is 23.5 Å². The van der Waals surface area contributed by atoms with Crippen molar-refractivity contribution in [2.75, 3.05) is 24.5 Å². The second kappa shape index (κ2) is 14.7. The Morgan fingerprint density at radius 2 is 1.50 bits per heavy atom. The molecule has 0 aliphatic rings. The van der Waals surface area contributed by atoms with Crippen LogP contribution in [0.1, 0.15) is 23.6 Å². The fourth-order valence-electron chi connectivity index (χ4n) is 4.75. The molecule has 0 aromatic heterocycles. The van der Waals surface area contributed by atoms with Gasteiger partial charge in [0.15, 0.2) is 0 Å². The zero-order chi connectivity index (χ0) is 31.7. The summed E-state index contributed by atoms with van der Waals surface area (Å²) in [5.74, 6) is -0.934. The summed E-state index contributed by atoms with van der Waals surface area (Å²) < 4.78 is 48.1. The number of benzene rings is 4. The first-order valence-electron chi connectivity index (χ1n) is 14.2. The van der Waals surface area contributed by atoms with E-state index in [-0.39, 0.29) is 23.8 Å². The standard InChI is InChI=1S/C34H36FN3O5S/c1-4-36-34(40)32(22-26-8-6-5-7-9-26)37(23-27-12-14-28(35)15-13-27)33(39)24-38(29-16-10-25(2)11-17-29)44(41,42)31-20-18-30(43-3)19-21-31/h5-21,32H,4,22-24H2,1-3H3,(H,36,40)/t32-/m0/s1. The number of methoxy groups -OCH3 is 1. The minimum Gasteiger partial charge on any atom is -0.497 e. The van der Waals surface area contributed by atoms with Crippen molar-refractivity contribution in [2.24, 2.45) is 0 Å². The molecule has 1 atom stereocenters. The molecule has 0 fully saturated rings. The summed E-state index contributed by atoms with van der Waals surface area (Å²) in [7, 11) is -2.75. The highest BCUT2D eigenvalue weighted by molar-refractivity contribution is 7.92. The fourth-order valence-corrected chi connectivity index (χ4v) is 6.16. The van der Waals surface area contributed by atoms with Crippen molar-refractivity contribution in [2.45, 2.75) is 37.8 Å². The molecule has 0 spiro atoms. The summed E-state index contributed by atoms with van der Waals surface area (Å²) >= 11 is 0. The number of nitrogens with zero attached hydrogens (tertiary/aromatic N) is 2. The Morgan fingerprint density at radius 1 is 0.864 bits per heavy atom. The van der Waals surface area contributed by atoms with Crippen molar-refractivity contribution in [1.29, 1.82) is 0 Å². The molecular formula is C34H36FN3O5S. The van der Waals surface area contributed by atoms with Gasteiger partial charge in [-0.2, -0.15) is 0 Å². The minimum absolute atomic E-state index is 0.0266. The molecule has 2 amide bonds. The summed E-state index contributed by atoms with van der Waals surface area (Å²) in [6.07, 6.45) is 0.190. The Labute approximate surface area is 258 Å². The van der Waals surface area contributed by atoms with Gasteiger partial charge in [-0.05, 0) is 73.5 Å². The summed E-state index contributed by atoms with van der Waals surface area (Å²) in [4.78, 5) is 29.2. The summed E-state index contributed by atoms with van der Waals surface area (Å²) in [5.41, 5.74) is 2.61. The third kappa shape index (κ3) is 8.02. The number of halogens is 1.